The predicted octanol–water partition coefficient (Wildman–Crippen LogP) is 2.49. The Kier molecular flexibility index (Phi) is 16.7. The molecule has 47 heavy (non-hydrogen) atoms. The van der Waals surface area contributed by atoms with Crippen molar-refractivity contribution >= 4 is 35.7 Å². The van der Waals surface area contributed by atoms with Gasteiger partial charge in [0.05, 0.1) is 13.7 Å². The molecule has 1 rings (SSSR count). The minimum atomic E-state index is -1.11. The van der Waals surface area contributed by atoms with E-state index in [4.69, 9.17) is 9.47 Å². The molecule has 13 heteroatoms. The number of amides is 5. The Balaban J connectivity index is 3.21. The summed E-state index contributed by atoms with van der Waals surface area (Å²) in [4.78, 5) is 79.5. The number of esters is 1. The molecule has 1 aromatic rings. The second-order valence-electron chi connectivity index (χ2n) is 12.8. The van der Waals surface area contributed by atoms with Gasteiger partial charge in [-0.2, -0.15) is 0 Å². The number of benzene rings is 1. The molecule has 0 spiro atoms. The van der Waals surface area contributed by atoms with Gasteiger partial charge < -0.3 is 35.6 Å². The van der Waals surface area contributed by atoms with Gasteiger partial charge in [-0.05, 0) is 45.1 Å². The molecule has 0 aliphatic rings. The van der Waals surface area contributed by atoms with Gasteiger partial charge in [-0.25, -0.2) is 9.59 Å². The molecule has 0 radical (unpaired) electrons. The van der Waals surface area contributed by atoms with Crippen LogP contribution in [0.15, 0.2) is 43.0 Å². The molecule has 0 heterocycles. The van der Waals surface area contributed by atoms with Crippen LogP contribution >= 0.6 is 0 Å². The second kappa shape index (κ2) is 19.3. The molecule has 4 N–H and O–H groups in total. The molecular weight excluding hydrogens is 606 g/mol. The van der Waals surface area contributed by atoms with Crippen LogP contribution in [0.25, 0.3) is 0 Å². The van der Waals surface area contributed by atoms with E-state index in [-0.39, 0.29) is 24.8 Å². The smallest absolute Gasteiger partial charge is 0.408 e. The Bertz CT molecular complexity index is 1230. The molecular formula is C34H53N5O8. The topological polar surface area (TPSA) is 172 Å². The lowest BCUT2D eigenvalue weighted by atomic mass is 9.96. The summed E-state index contributed by atoms with van der Waals surface area (Å²) in [6.07, 6.45) is 1.30. The number of methoxy groups -OCH3 is 1. The fraction of sp³-hybridized carbons (Fsp3) is 0.588. The first-order chi connectivity index (χ1) is 21.9. The fourth-order valence-electron chi connectivity index (χ4n) is 4.47. The molecule has 0 aromatic heterocycles. The highest BCUT2D eigenvalue weighted by atomic mass is 16.6. The minimum absolute atomic E-state index is 0.0307. The van der Waals surface area contributed by atoms with Crippen molar-refractivity contribution in [1.29, 1.82) is 0 Å². The number of ether oxygens (including phenoxy) is 2. The number of rotatable bonds is 17. The first-order valence-corrected chi connectivity index (χ1v) is 15.8. The lowest BCUT2D eigenvalue weighted by Gasteiger charge is -2.30. The monoisotopic (exact) mass is 659 g/mol. The van der Waals surface area contributed by atoms with E-state index in [1.807, 2.05) is 13.0 Å². The first-order valence-electron chi connectivity index (χ1n) is 15.8. The maximum Gasteiger partial charge on any atom is 0.408 e. The fourth-order valence-corrected chi connectivity index (χ4v) is 4.47. The molecule has 5 amide bonds. The highest BCUT2D eigenvalue weighted by molar-refractivity contribution is 5.95. The molecule has 0 aliphatic carbocycles. The van der Waals surface area contributed by atoms with Crippen LogP contribution in [0.1, 0.15) is 67.4 Å². The van der Waals surface area contributed by atoms with Gasteiger partial charge in [0, 0.05) is 13.0 Å². The van der Waals surface area contributed by atoms with Crippen LogP contribution in [0.2, 0.25) is 0 Å². The van der Waals surface area contributed by atoms with Crippen molar-refractivity contribution in [1.82, 2.24) is 26.2 Å². The predicted molar refractivity (Wildman–Crippen MR) is 178 cm³/mol. The lowest BCUT2D eigenvalue weighted by molar-refractivity contribution is -0.147. The third kappa shape index (κ3) is 14.3. The van der Waals surface area contributed by atoms with Crippen LogP contribution in [-0.2, 0) is 39.9 Å². The van der Waals surface area contributed by atoms with E-state index in [1.54, 1.807) is 65.8 Å². The third-order valence-electron chi connectivity index (χ3n) is 7.25. The molecule has 0 aliphatic heterocycles. The second-order valence-corrected chi connectivity index (χ2v) is 12.8. The summed E-state index contributed by atoms with van der Waals surface area (Å²) >= 11 is 0. The quantitative estimate of drug-likeness (QED) is 0.146. The molecule has 0 saturated heterocycles. The van der Waals surface area contributed by atoms with E-state index in [0.29, 0.717) is 6.42 Å². The maximum atomic E-state index is 13.9. The summed E-state index contributed by atoms with van der Waals surface area (Å²) in [7, 11) is 1.23. The first kappa shape index (κ1) is 40.6. The average Bonchev–Trinajstić information content (AvgIpc) is 2.99. The van der Waals surface area contributed by atoms with Gasteiger partial charge in [-0.1, -0.05) is 70.5 Å². The Morgan fingerprint density at radius 1 is 0.894 bits per heavy atom. The summed E-state index contributed by atoms with van der Waals surface area (Å²) in [5, 5.41) is 10.6. The van der Waals surface area contributed by atoms with E-state index in [2.05, 4.69) is 27.8 Å². The molecule has 1 aromatic carbocycles. The maximum absolute atomic E-state index is 13.9. The van der Waals surface area contributed by atoms with Crippen LogP contribution in [0, 0.1) is 11.8 Å². The van der Waals surface area contributed by atoms with Crippen LogP contribution in [0.4, 0.5) is 4.79 Å². The minimum Gasteiger partial charge on any atom is -0.467 e. The third-order valence-corrected chi connectivity index (χ3v) is 7.25. The van der Waals surface area contributed by atoms with Gasteiger partial charge >= 0.3 is 12.1 Å². The summed E-state index contributed by atoms with van der Waals surface area (Å²) in [6.45, 7) is 16.9. The number of nitrogens with one attached hydrogen (secondary N) is 4. The van der Waals surface area contributed by atoms with Gasteiger partial charge in [0.15, 0.2) is 0 Å². The summed E-state index contributed by atoms with van der Waals surface area (Å²) in [5.41, 5.74) is -0.0232. The number of carbonyl (C=O) groups excluding carboxylic acids is 6. The van der Waals surface area contributed by atoms with Crippen molar-refractivity contribution in [3.63, 3.8) is 0 Å². The van der Waals surface area contributed by atoms with Crippen molar-refractivity contribution in [3.05, 3.63) is 48.6 Å². The van der Waals surface area contributed by atoms with E-state index in [9.17, 15) is 28.8 Å². The van der Waals surface area contributed by atoms with E-state index in [0.717, 1.165) is 5.56 Å². The summed E-state index contributed by atoms with van der Waals surface area (Å²) in [6, 6.07) is 4.94. The van der Waals surface area contributed by atoms with Gasteiger partial charge in [0.25, 0.3) is 0 Å². The van der Waals surface area contributed by atoms with Crippen molar-refractivity contribution in [3.8, 4) is 0 Å². The van der Waals surface area contributed by atoms with E-state index < -0.39 is 72.0 Å². The molecule has 262 valence electrons. The number of nitrogens with zero attached hydrogens (tertiary/aromatic N) is 1. The average molecular weight is 660 g/mol. The number of hydrogen-bond acceptors (Lipinski definition) is 8. The molecule has 0 saturated carbocycles. The molecule has 13 nitrogen and oxygen atoms in total. The van der Waals surface area contributed by atoms with E-state index in [1.165, 1.54) is 25.0 Å². The van der Waals surface area contributed by atoms with Crippen molar-refractivity contribution in [2.75, 3.05) is 20.2 Å². The summed E-state index contributed by atoms with van der Waals surface area (Å²) < 4.78 is 10.1. The zero-order valence-corrected chi connectivity index (χ0v) is 29.2. The zero-order chi connectivity index (χ0) is 35.9. The lowest BCUT2D eigenvalue weighted by Crippen LogP contribution is -2.58. The largest absolute Gasteiger partial charge is 0.467 e. The normalized spacial score (nSPS) is 14.3. The van der Waals surface area contributed by atoms with Gasteiger partial charge in [-0.3, -0.25) is 19.2 Å². The Morgan fingerprint density at radius 2 is 1.51 bits per heavy atom. The zero-order valence-electron chi connectivity index (χ0n) is 29.2. The molecule has 0 unspecified atom stereocenters. The number of alkyl carbamates (subject to hydrolysis) is 1. The molecule has 0 bridgehead atoms. The Morgan fingerprint density at radius 3 is 2.02 bits per heavy atom. The van der Waals surface area contributed by atoms with Crippen molar-refractivity contribution in [2.45, 2.75) is 98.0 Å². The molecule has 0 fully saturated rings. The van der Waals surface area contributed by atoms with Gasteiger partial charge in [0.2, 0.25) is 23.6 Å². The van der Waals surface area contributed by atoms with Gasteiger partial charge in [0.1, 0.15) is 29.8 Å². The van der Waals surface area contributed by atoms with Gasteiger partial charge in [-0.15, -0.1) is 6.58 Å². The molecule has 5 atom stereocenters. The van der Waals surface area contributed by atoms with Crippen molar-refractivity contribution in [2.24, 2.45) is 11.8 Å². The Labute approximate surface area is 278 Å². The standard InChI is InChI=1S/C34H53N5O8/c1-11-18-39(20-26(40)37-28(22(5)12-2)30(42)38-27(21(3)4)32(44)46-10)31(43)25(19-24-16-14-13-15-17-24)36-29(41)23(6)35-33(45)47-34(7,8)9/h11,13-17,21-23,25,27-28H,1,12,18-20H2,2-10H3,(H,35,45)(H,36,41)(H,37,40)(H,38,42)/t22-,23-,25-,27-,28-/m0/s1. The van der Waals surface area contributed by atoms with E-state index >= 15 is 0 Å². The Hall–Kier alpha value is -4.42. The van der Waals surface area contributed by atoms with Crippen LogP contribution in [0.3, 0.4) is 0 Å². The van der Waals surface area contributed by atoms with Crippen LogP contribution in [0.5, 0.6) is 0 Å². The number of hydrogen-bond donors (Lipinski definition) is 4. The van der Waals surface area contributed by atoms with Crippen molar-refractivity contribution < 1.29 is 38.2 Å². The SMILES string of the molecule is C=CCN(CC(=O)N[C@H](C(=O)N[C@H](C(=O)OC)C(C)C)[C@@H](C)CC)C(=O)[C@H](Cc1ccccc1)NC(=O)[C@H](C)NC(=O)OC(C)(C)C. The number of carbonyl (C=O) groups is 6. The van der Waals surface area contributed by atoms with Crippen LogP contribution < -0.4 is 21.3 Å². The summed E-state index contributed by atoms with van der Waals surface area (Å²) in [5.74, 6) is -3.56. The highest BCUT2D eigenvalue weighted by Crippen LogP contribution is 2.12. The highest BCUT2D eigenvalue weighted by Gasteiger charge is 2.34. The van der Waals surface area contributed by atoms with Crippen LogP contribution in [-0.4, -0.2) is 90.6 Å².